The molecule has 0 fully saturated rings. The number of amides is 2. The van der Waals surface area contributed by atoms with Crippen molar-refractivity contribution in [2.75, 3.05) is 19.6 Å². The lowest BCUT2D eigenvalue weighted by Crippen LogP contribution is -2.47. The summed E-state index contributed by atoms with van der Waals surface area (Å²) in [4.78, 5) is 24.5. The van der Waals surface area contributed by atoms with Crippen molar-refractivity contribution in [2.24, 2.45) is 5.41 Å². The Morgan fingerprint density at radius 1 is 1.33 bits per heavy atom. The minimum atomic E-state index is -0.898. The molecule has 2 N–H and O–H groups in total. The van der Waals surface area contributed by atoms with Crippen molar-refractivity contribution in [1.29, 1.82) is 0 Å². The van der Waals surface area contributed by atoms with E-state index in [0.29, 0.717) is 19.4 Å². The van der Waals surface area contributed by atoms with Crippen molar-refractivity contribution in [3.05, 3.63) is 0 Å². The smallest absolute Gasteiger partial charge is 0.318 e. The molecule has 0 aromatic rings. The third-order valence-electron chi connectivity index (χ3n) is 3.34. The second kappa shape index (κ2) is 7.59. The highest BCUT2D eigenvalue weighted by molar-refractivity contribution is 5.78. The predicted molar refractivity (Wildman–Crippen MR) is 70.1 cm³/mol. The van der Waals surface area contributed by atoms with Gasteiger partial charge in [-0.1, -0.05) is 19.8 Å². The number of hydrogen-bond acceptors (Lipinski definition) is 2. The van der Waals surface area contributed by atoms with Crippen molar-refractivity contribution in [3.63, 3.8) is 0 Å². The molecule has 2 amide bonds. The van der Waals surface area contributed by atoms with Crippen LogP contribution < -0.4 is 5.32 Å². The fraction of sp³-hybridized carbons (Fsp3) is 0.692. The maximum absolute atomic E-state index is 11.8. The SMILES string of the molecule is C#CCN(CC)C(=O)NCC(CC)(CC)C(=O)O. The molecule has 0 radical (unpaired) electrons. The Balaban J connectivity index is 4.58. The lowest BCUT2D eigenvalue weighted by atomic mass is 9.82. The number of aliphatic carboxylic acids is 1. The van der Waals surface area contributed by atoms with Crippen molar-refractivity contribution in [1.82, 2.24) is 10.2 Å². The standard InChI is InChI=1S/C13H22N2O3/c1-5-9-15(8-4)12(18)14-10-13(6-2,7-3)11(16)17/h1H,6-10H2,2-4H3,(H,14,18)(H,16,17). The van der Waals surface area contributed by atoms with Gasteiger partial charge in [-0.3, -0.25) is 4.79 Å². The first-order valence-corrected chi connectivity index (χ1v) is 6.17. The number of hydrogen-bond donors (Lipinski definition) is 2. The van der Waals surface area contributed by atoms with Crippen LogP contribution in [0.4, 0.5) is 4.79 Å². The molecule has 0 bridgehead atoms. The molecule has 0 saturated carbocycles. The third kappa shape index (κ3) is 3.95. The first kappa shape index (κ1) is 16.3. The van der Waals surface area contributed by atoms with E-state index in [1.807, 2.05) is 20.8 Å². The van der Waals surface area contributed by atoms with Gasteiger partial charge in [-0.15, -0.1) is 6.42 Å². The summed E-state index contributed by atoms with van der Waals surface area (Å²) in [6.45, 7) is 6.27. The fourth-order valence-corrected chi connectivity index (χ4v) is 1.67. The number of carboxylic acids is 1. The summed E-state index contributed by atoms with van der Waals surface area (Å²) in [6.07, 6.45) is 6.10. The van der Waals surface area contributed by atoms with Crippen LogP contribution in [0.3, 0.4) is 0 Å². The van der Waals surface area contributed by atoms with Gasteiger partial charge in [-0.05, 0) is 19.8 Å². The molecule has 0 rings (SSSR count). The van der Waals surface area contributed by atoms with Crippen molar-refractivity contribution < 1.29 is 14.7 Å². The molecule has 0 heterocycles. The van der Waals surface area contributed by atoms with E-state index in [1.165, 1.54) is 4.90 Å². The molecule has 0 saturated heterocycles. The average Bonchev–Trinajstić information content (AvgIpc) is 2.37. The quantitative estimate of drug-likeness (QED) is 0.677. The number of rotatable bonds is 7. The van der Waals surface area contributed by atoms with Crippen molar-refractivity contribution >= 4 is 12.0 Å². The highest BCUT2D eigenvalue weighted by Crippen LogP contribution is 2.25. The molecule has 0 atom stereocenters. The van der Waals surface area contributed by atoms with Gasteiger partial charge in [0.1, 0.15) is 0 Å². The van der Waals surface area contributed by atoms with Crippen LogP contribution in [0.5, 0.6) is 0 Å². The number of terminal acetylenes is 1. The summed E-state index contributed by atoms with van der Waals surface area (Å²) in [5.41, 5.74) is -0.898. The largest absolute Gasteiger partial charge is 0.481 e. The summed E-state index contributed by atoms with van der Waals surface area (Å²) in [5.74, 6) is 1.51. The Labute approximate surface area is 109 Å². The van der Waals surface area contributed by atoms with Crippen LogP contribution in [0.1, 0.15) is 33.6 Å². The van der Waals surface area contributed by atoms with E-state index in [0.717, 1.165) is 0 Å². The normalized spacial score (nSPS) is 10.6. The summed E-state index contributed by atoms with van der Waals surface area (Å²) in [7, 11) is 0. The first-order chi connectivity index (χ1) is 8.47. The van der Waals surface area contributed by atoms with Gasteiger partial charge >= 0.3 is 12.0 Å². The van der Waals surface area contributed by atoms with Crippen LogP contribution >= 0.6 is 0 Å². The van der Waals surface area contributed by atoms with E-state index < -0.39 is 11.4 Å². The van der Waals surface area contributed by atoms with Gasteiger partial charge in [0.2, 0.25) is 0 Å². The lowest BCUT2D eigenvalue weighted by molar-refractivity contribution is -0.149. The molecule has 0 unspecified atom stereocenters. The Morgan fingerprint density at radius 2 is 1.89 bits per heavy atom. The topological polar surface area (TPSA) is 69.6 Å². The van der Waals surface area contributed by atoms with Crippen molar-refractivity contribution in [2.45, 2.75) is 33.6 Å². The molecule has 102 valence electrons. The monoisotopic (exact) mass is 254 g/mol. The molecule has 0 aliphatic heterocycles. The molecule has 18 heavy (non-hydrogen) atoms. The third-order valence-corrected chi connectivity index (χ3v) is 3.34. The minimum absolute atomic E-state index is 0.120. The van der Waals surface area contributed by atoms with Gasteiger partial charge in [0.15, 0.2) is 0 Å². The van der Waals surface area contributed by atoms with E-state index in [4.69, 9.17) is 6.42 Å². The second-order valence-corrected chi connectivity index (χ2v) is 4.17. The zero-order valence-electron chi connectivity index (χ0n) is 11.3. The van der Waals surface area contributed by atoms with Gasteiger partial charge in [-0.25, -0.2) is 4.79 Å². The molecule has 0 aromatic heterocycles. The summed E-state index contributed by atoms with van der Waals surface area (Å²) in [6, 6.07) is -0.317. The van der Waals surface area contributed by atoms with Gasteiger partial charge in [-0.2, -0.15) is 0 Å². The predicted octanol–water partition coefficient (Wildman–Crippen LogP) is 1.54. The van der Waals surface area contributed by atoms with Crippen molar-refractivity contribution in [3.8, 4) is 12.3 Å². The van der Waals surface area contributed by atoms with Gasteiger partial charge in [0.05, 0.1) is 12.0 Å². The maximum Gasteiger partial charge on any atom is 0.318 e. The van der Waals surface area contributed by atoms with Gasteiger partial charge in [0, 0.05) is 13.1 Å². The first-order valence-electron chi connectivity index (χ1n) is 6.17. The van der Waals surface area contributed by atoms with E-state index in [2.05, 4.69) is 11.2 Å². The van der Waals surface area contributed by atoms with Crippen LogP contribution in [0.25, 0.3) is 0 Å². The summed E-state index contributed by atoms with van der Waals surface area (Å²) < 4.78 is 0. The molecule has 5 heteroatoms. The van der Waals surface area contributed by atoms with E-state index >= 15 is 0 Å². The average molecular weight is 254 g/mol. The molecule has 0 spiro atoms. The van der Waals surface area contributed by atoms with E-state index in [1.54, 1.807) is 0 Å². The molecular weight excluding hydrogens is 232 g/mol. The highest BCUT2D eigenvalue weighted by Gasteiger charge is 2.35. The van der Waals surface area contributed by atoms with E-state index in [-0.39, 0.29) is 19.1 Å². The lowest BCUT2D eigenvalue weighted by Gasteiger charge is -2.28. The van der Waals surface area contributed by atoms with Crippen LogP contribution in [-0.2, 0) is 4.79 Å². The number of nitrogens with zero attached hydrogens (tertiary/aromatic N) is 1. The van der Waals surface area contributed by atoms with Crippen LogP contribution in [-0.4, -0.2) is 41.6 Å². The molecule has 0 aliphatic carbocycles. The molecule has 5 nitrogen and oxygen atoms in total. The highest BCUT2D eigenvalue weighted by atomic mass is 16.4. The number of carbonyl (C=O) groups is 2. The number of carbonyl (C=O) groups excluding carboxylic acids is 1. The number of urea groups is 1. The maximum atomic E-state index is 11.8. The van der Waals surface area contributed by atoms with Crippen LogP contribution in [0, 0.1) is 17.8 Å². The summed E-state index contributed by atoms with van der Waals surface area (Å²) >= 11 is 0. The summed E-state index contributed by atoms with van der Waals surface area (Å²) in [5, 5.41) is 11.9. The van der Waals surface area contributed by atoms with Gasteiger partial charge in [0.25, 0.3) is 0 Å². The second-order valence-electron chi connectivity index (χ2n) is 4.17. The molecule has 0 aromatic carbocycles. The Hall–Kier alpha value is -1.70. The zero-order valence-corrected chi connectivity index (χ0v) is 11.3. The molecule has 0 aliphatic rings. The number of carboxylic acid groups (broad SMARTS) is 1. The van der Waals surface area contributed by atoms with Crippen LogP contribution in [0.2, 0.25) is 0 Å². The van der Waals surface area contributed by atoms with E-state index in [9.17, 15) is 14.7 Å². The zero-order chi connectivity index (χ0) is 14.2. The minimum Gasteiger partial charge on any atom is -0.481 e. The van der Waals surface area contributed by atoms with Crippen LogP contribution in [0.15, 0.2) is 0 Å². The Kier molecular flexibility index (Phi) is 6.88. The van der Waals surface area contributed by atoms with Gasteiger partial charge < -0.3 is 15.3 Å². The molecular formula is C13H22N2O3. The Bertz CT molecular complexity index is 330. The number of nitrogens with one attached hydrogen (secondary N) is 1. The Morgan fingerprint density at radius 3 is 2.22 bits per heavy atom. The fourth-order valence-electron chi connectivity index (χ4n) is 1.67.